The first-order chi connectivity index (χ1) is 10.1. The molecule has 0 aliphatic carbocycles. The highest BCUT2D eigenvalue weighted by atomic mass is 19.1. The highest BCUT2D eigenvalue weighted by Crippen LogP contribution is 2.14. The van der Waals surface area contributed by atoms with Crippen molar-refractivity contribution < 1.29 is 9.13 Å². The molecule has 0 aliphatic rings. The zero-order valence-corrected chi connectivity index (χ0v) is 12.0. The number of rotatable bonds is 5. The van der Waals surface area contributed by atoms with Crippen molar-refractivity contribution in [3.63, 3.8) is 0 Å². The minimum Gasteiger partial charge on any atom is -0.380 e. The molecule has 1 aromatic heterocycles. The first kappa shape index (κ1) is 14.9. The molecule has 1 N–H and O–H groups in total. The summed E-state index contributed by atoms with van der Waals surface area (Å²) in [5.74, 6) is 0.343. The fourth-order valence-electron chi connectivity index (χ4n) is 1.94. The van der Waals surface area contributed by atoms with E-state index in [4.69, 9.17) is 10.00 Å². The topological polar surface area (TPSA) is 57.9 Å². The Morgan fingerprint density at radius 2 is 2.14 bits per heavy atom. The molecule has 0 fully saturated rings. The van der Waals surface area contributed by atoms with Crippen LogP contribution in [0, 0.1) is 24.1 Å². The van der Waals surface area contributed by atoms with Crippen molar-refractivity contribution in [1.82, 2.24) is 4.98 Å². The lowest BCUT2D eigenvalue weighted by atomic mass is 10.1. The normalized spacial score (nSPS) is 10.2. The summed E-state index contributed by atoms with van der Waals surface area (Å²) < 4.78 is 18.5. The van der Waals surface area contributed by atoms with Crippen molar-refractivity contribution in [2.45, 2.75) is 20.1 Å². The number of nitrogens with zero attached hydrogens (tertiary/aromatic N) is 2. The van der Waals surface area contributed by atoms with Crippen LogP contribution in [-0.4, -0.2) is 12.1 Å². The Kier molecular flexibility index (Phi) is 4.85. The number of methoxy groups -OCH3 is 1. The van der Waals surface area contributed by atoms with Crippen LogP contribution in [0.3, 0.4) is 0 Å². The van der Waals surface area contributed by atoms with E-state index in [1.807, 2.05) is 25.1 Å². The second-order valence-corrected chi connectivity index (χ2v) is 4.69. The minimum atomic E-state index is -0.277. The van der Waals surface area contributed by atoms with Gasteiger partial charge in [-0.1, -0.05) is 12.1 Å². The molecular weight excluding hydrogens is 269 g/mol. The molecule has 0 radical (unpaired) electrons. The average Bonchev–Trinajstić information content (AvgIpc) is 2.49. The molecule has 0 saturated carbocycles. The maximum Gasteiger partial charge on any atom is 0.145 e. The molecule has 21 heavy (non-hydrogen) atoms. The zero-order chi connectivity index (χ0) is 15.2. The lowest BCUT2D eigenvalue weighted by Gasteiger charge is -2.09. The molecule has 0 bridgehead atoms. The van der Waals surface area contributed by atoms with Crippen molar-refractivity contribution >= 4 is 5.82 Å². The molecule has 2 aromatic rings. The van der Waals surface area contributed by atoms with E-state index in [0.29, 0.717) is 23.6 Å². The minimum absolute atomic E-state index is 0.237. The second-order valence-electron chi connectivity index (χ2n) is 4.69. The van der Waals surface area contributed by atoms with Gasteiger partial charge in [0, 0.05) is 19.2 Å². The number of halogens is 1. The third-order valence-electron chi connectivity index (χ3n) is 3.09. The molecule has 5 heteroatoms. The van der Waals surface area contributed by atoms with Crippen molar-refractivity contribution in [3.05, 3.63) is 58.5 Å². The van der Waals surface area contributed by atoms with Gasteiger partial charge in [-0.25, -0.2) is 9.37 Å². The van der Waals surface area contributed by atoms with E-state index in [1.165, 1.54) is 13.2 Å². The number of hydrogen-bond donors (Lipinski definition) is 1. The van der Waals surface area contributed by atoms with Crippen LogP contribution < -0.4 is 5.32 Å². The quantitative estimate of drug-likeness (QED) is 0.916. The molecule has 0 spiro atoms. The van der Waals surface area contributed by atoms with Gasteiger partial charge in [0.05, 0.1) is 6.61 Å². The summed E-state index contributed by atoms with van der Waals surface area (Å²) in [6, 6.07) is 10.6. The van der Waals surface area contributed by atoms with Gasteiger partial charge in [-0.05, 0) is 36.2 Å². The van der Waals surface area contributed by atoms with Gasteiger partial charge in [0.2, 0.25) is 0 Å². The third kappa shape index (κ3) is 3.77. The SMILES string of the molecule is COCc1cc(CNc2ccc(C)c(C#N)n2)ccc1F. The zero-order valence-electron chi connectivity index (χ0n) is 12.0. The molecule has 1 heterocycles. The molecule has 2 rings (SSSR count). The Hall–Kier alpha value is -2.45. The molecule has 4 nitrogen and oxygen atoms in total. The lowest BCUT2D eigenvalue weighted by Crippen LogP contribution is -2.04. The summed E-state index contributed by atoms with van der Waals surface area (Å²) in [6.07, 6.45) is 0. The summed E-state index contributed by atoms with van der Waals surface area (Å²) in [6.45, 7) is 2.57. The number of anilines is 1. The predicted octanol–water partition coefficient (Wildman–Crippen LogP) is 3.16. The third-order valence-corrected chi connectivity index (χ3v) is 3.09. The number of nitriles is 1. The Balaban J connectivity index is 2.09. The molecule has 108 valence electrons. The average molecular weight is 285 g/mol. The van der Waals surface area contributed by atoms with E-state index in [0.717, 1.165) is 11.1 Å². The number of aryl methyl sites for hydroxylation is 1. The van der Waals surface area contributed by atoms with E-state index < -0.39 is 0 Å². The van der Waals surface area contributed by atoms with Gasteiger partial charge >= 0.3 is 0 Å². The van der Waals surface area contributed by atoms with Gasteiger partial charge in [0.1, 0.15) is 23.4 Å². The number of hydrogen-bond acceptors (Lipinski definition) is 4. The van der Waals surface area contributed by atoms with Crippen molar-refractivity contribution in [2.75, 3.05) is 12.4 Å². The van der Waals surface area contributed by atoms with E-state index in [-0.39, 0.29) is 12.4 Å². The van der Waals surface area contributed by atoms with E-state index >= 15 is 0 Å². The lowest BCUT2D eigenvalue weighted by molar-refractivity contribution is 0.181. The number of nitrogens with one attached hydrogen (secondary N) is 1. The largest absolute Gasteiger partial charge is 0.380 e. The van der Waals surface area contributed by atoms with Gasteiger partial charge in [-0.15, -0.1) is 0 Å². The van der Waals surface area contributed by atoms with Crippen LogP contribution in [0.2, 0.25) is 0 Å². The smallest absolute Gasteiger partial charge is 0.145 e. The molecule has 0 aliphatic heterocycles. The standard InChI is InChI=1S/C16H16FN3O/c1-11-3-6-16(20-15(11)8-18)19-9-12-4-5-14(17)13(7-12)10-21-2/h3-7H,9-10H2,1-2H3,(H,19,20). The fourth-order valence-corrected chi connectivity index (χ4v) is 1.94. The van der Waals surface area contributed by atoms with Gasteiger partial charge in [0.15, 0.2) is 0 Å². The van der Waals surface area contributed by atoms with Crippen LogP contribution in [0.4, 0.5) is 10.2 Å². The van der Waals surface area contributed by atoms with Gasteiger partial charge < -0.3 is 10.1 Å². The maximum atomic E-state index is 13.5. The number of benzene rings is 1. The number of pyridine rings is 1. The van der Waals surface area contributed by atoms with Crippen LogP contribution in [0.5, 0.6) is 0 Å². The fraction of sp³-hybridized carbons (Fsp3) is 0.250. The van der Waals surface area contributed by atoms with E-state index in [9.17, 15) is 4.39 Å². The summed E-state index contributed by atoms with van der Waals surface area (Å²) in [4.78, 5) is 4.21. The van der Waals surface area contributed by atoms with E-state index in [2.05, 4.69) is 10.3 Å². The Morgan fingerprint density at radius 1 is 1.33 bits per heavy atom. The van der Waals surface area contributed by atoms with Crippen LogP contribution in [0.15, 0.2) is 30.3 Å². The van der Waals surface area contributed by atoms with Crippen LogP contribution in [0.25, 0.3) is 0 Å². The monoisotopic (exact) mass is 285 g/mol. The van der Waals surface area contributed by atoms with Crippen LogP contribution in [-0.2, 0) is 17.9 Å². The summed E-state index contributed by atoms with van der Waals surface area (Å²) in [5.41, 5.74) is 2.68. The first-order valence-electron chi connectivity index (χ1n) is 6.52. The molecule has 0 amide bonds. The van der Waals surface area contributed by atoms with Gasteiger partial charge in [0.25, 0.3) is 0 Å². The van der Waals surface area contributed by atoms with Crippen molar-refractivity contribution in [1.29, 1.82) is 5.26 Å². The highest BCUT2D eigenvalue weighted by molar-refractivity contribution is 5.43. The molecule has 0 atom stereocenters. The van der Waals surface area contributed by atoms with Crippen molar-refractivity contribution in [2.24, 2.45) is 0 Å². The molecular formula is C16H16FN3O. The Bertz CT molecular complexity index is 680. The molecule has 0 saturated heterocycles. The molecule has 1 aromatic carbocycles. The maximum absolute atomic E-state index is 13.5. The summed E-state index contributed by atoms with van der Waals surface area (Å²) >= 11 is 0. The second kappa shape index (κ2) is 6.82. The number of aromatic nitrogens is 1. The van der Waals surface area contributed by atoms with Crippen LogP contribution >= 0.6 is 0 Å². The first-order valence-corrected chi connectivity index (χ1v) is 6.52. The summed E-state index contributed by atoms with van der Waals surface area (Å²) in [5, 5.41) is 12.1. The van der Waals surface area contributed by atoms with Crippen LogP contribution in [0.1, 0.15) is 22.4 Å². The number of ether oxygens (including phenoxy) is 1. The van der Waals surface area contributed by atoms with Crippen molar-refractivity contribution in [3.8, 4) is 6.07 Å². The Morgan fingerprint density at radius 3 is 2.86 bits per heavy atom. The molecule has 0 unspecified atom stereocenters. The predicted molar refractivity (Wildman–Crippen MR) is 78.1 cm³/mol. The highest BCUT2D eigenvalue weighted by Gasteiger charge is 2.05. The van der Waals surface area contributed by atoms with E-state index in [1.54, 1.807) is 12.1 Å². The van der Waals surface area contributed by atoms with Gasteiger partial charge in [-0.2, -0.15) is 5.26 Å². The Labute approximate surface area is 123 Å². The summed E-state index contributed by atoms with van der Waals surface area (Å²) in [7, 11) is 1.53. The van der Waals surface area contributed by atoms with Gasteiger partial charge in [-0.3, -0.25) is 0 Å².